The van der Waals surface area contributed by atoms with Crippen LogP contribution in [0.5, 0.6) is 0 Å². The molecule has 0 heterocycles. The Bertz CT molecular complexity index is 579. The Kier molecular flexibility index (Phi) is 3.77. The lowest BCUT2D eigenvalue weighted by Gasteiger charge is -2.55. The fraction of sp³-hybridized carbons (Fsp3) is 0.917. The molecule has 0 aromatic carbocycles. The summed E-state index contributed by atoms with van der Waals surface area (Å²) < 4.78 is 0. The van der Waals surface area contributed by atoms with Crippen molar-refractivity contribution in [2.75, 3.05) is 0 Å². The van der Waals surface area contributed by atoms with E-state index in [1.807, 2.05) is 0 Å². The molecule has 0 aromatic rings. The quantitative estimate of drug-likeness (QED) is 0.613. The van der Waals surface area contributed by atoms with Crippen molar-refractivity contribution in [3.05, 3.63) is 11.6 Å². The summed E-state index contributed by atoms with van der Waals surface area (Å²) in [7, 11) is 0. The highest BCUT2D eigenvalue weighted by Gasteiger charge is 2.70. The van der Waals surface area contributed by atoms with Crippen LogP contribution in [0.25, 0.3) is 0 Å². The van der Waals surface area contributed by atoms with Crippen LogP contribution in [0, 0.1) is 46.8 Å². The first-order valence-electron chi connectivity index (χ1n) is 11.4. The summed E-state index contributed by atoms with van der Waals surface area (Å²) in [6.45, 7) is 7.16. The van der Waals surface area contributed by atoms with E-state index < -0.39 is 0 Å². The fourth-order valence-electron chi connectivity index (χ4n) is 9.07. The SMILES string of the molecule is C/C=C1/CC[C@H]2[C@@H]3CC[C@@H]4C5C(CCC)[C@@]5(O)CC[C@@H]4[C@H]3CC[C@]12C. The molecular formula is C24H38O. The molecule has 140 valence electrons. The third kappa shape index (κ3) is 2.11. The normalized spacial score (nSPS) is 58.2. The molecule has 1 N–H and O–H groups in total. The number of hydrogen-bond acceptors (Lipinski definition) is 1. The Labute approximate surface area is 154 Å². The lowest BCUT2D eigenvalue weighted by Crippen LogP contribution is -2.48. The Morgan fingerprint density at radius 2 is 1.72 bits per heavy atom. The summed E-state index contributed by atoms with van der Waals surface area (Å²) >= 11 is 0. The monoisotopic (exact) mass is 342 g/mol. The van der Waals surface area contributed by atoms with E-state index in [0.29, 0.717) is 17.3 Å². The second kappa shape index (κ2) is 5.60. The van der Waals surface area contributed by atoms with Crippen molar-refractivity contribution in [2.24, 2.45) is 46.8 Å². The standard InChI is InChI=1S/C24H38O/c1-4-6-21-22-19-9-8-18-16(17(19)12-14-24(21,22)25)11-13-23(3)15(5-2)7-10-20(18)23/h5,16-22,25H,4,6-14H2,1-3H3/b15-5-/t16-,17-,18-,19+,20+,21?,22?,23-,24+/m1/s1. The average Bonchev–Trinajstić information content (AvgIpc) is 3.05. The zero-order valence-electron chi connectivity index (χ0n) is 16.6. The van der Waals surface area contributed by atoms with Gasteiger partial charge in [0, 0.05) is 0 Å². The molecule has 5 aliphatic carbocycles. The Morgan fingerprint density at radius 3 is 2.48 bits per heavy atom. The number of allylic oxidation sites excluding steroid dienone is 2. The second-order valence-corrected chi connectivity index (χ2v) is 10.6. The molecule has 25 heavy (non-hydrogen) atoms. The van der Waals surface area contributed by atoms with Crippen molar-refractivity contribution in [1.82, 2.24) is 0 Å². The number of hydrogen-bond donors (Lipinski definition) is 1. The van der Waals surface area contributed by atoms with Crippen molar-refractivity contribution >= 4 is 0 Å². The molecule has 5 saturated carbocycles. The molecule has 0 amide bonds. The largest absolute Gasteiger partial charge is 0.389 e. The van der Waals surface area contributed by atoms with E-state index in [2.05, 4.69) is 26.8 Å². The molecule has 0 aliphatic heterocycles. The van der Waals surface area contributed by atoms with Crippen molar-refractivity contribution in [1.29, 1.82) is 0 Å². The minimum Gasteiger partial charge on any atom is -0.389 e. The summed E-state index contributed by atoms with van der Waals surface area (Å²) in [4.78, 5) is 0. The predicted octanol–water partition coefficient (Wildman–Crippen LogP) is 5.97. The minimum absolute atomic E-state index is 0.237. The maximum Gasteiger partial charge on any atom is 0.0714 e. The van der Waals surface area contributed by atoms with Crippen LogP contribution in [-0.2, 0) is 0 Å². The van der Waals surface area contributed by atoms with Crippen molar-refractivity contribution in [3.8, 4) is 0 Å². The van der Waals surface area contributed by atoms with E-state index in [1.165, 1.54) is 57.8 Å². The molecule has 5 fully saturated rings. The molecule has 1 nitrogen and oxygen atoms in total. The second-order valence-electron chi connectivity index (χ2n) is 10.6. The highest BCUT2D eigenvalue weighted by atomic mass is 16.3. The smallest absolute Gasteiger partial charge is 0.0714 e. The van der Waals surface area contributed by atoms with E-state index in [9.17, 15) is 5.11 Å². The Hall–Kier alpha value is -0.300. The van der Waals surface area contributed by atoms with Gasteiger partial charge in [-0.15, -0.1) is 0 Å². The zero-order valence-corrected chi connectivity index (χ0v) is 16.6. The number of fused-ring (bicyclic) bond motifs is 7. The van der Waals surface area contributed by atoms with Crippen LogP contribution in [-0.4, -0.2) is 10.7 Å². The van der Waals surface area contributed by atoms with Gasteiger partial charge in [-0.2, -0.15) is 0 Å². The van der Waals surface area contributed by atoms with Gasteiger partial charge in [-0.3, -0.25) is 0 Å². The van der Waals surface area contributed by atoms with Crippen LogP contribution >= 0.6 is 0 Å². The minimum atomic E-state index is -0.237. The summed E-state index contributed by atoms with van der Waals surface area (Å²) in [6.07, 6.45) is 16.1. The highest BCUT2D eigenvalue weighted by Crippen LogP contribution is 2.71. The molecule has 5 aliphatic rings. The zero-order chi connectivity index (χ0) is 17.4. The lowest BCUT2D eigenvalue weighted by molar-refractivity contribution is -0.0641. The molecule has 0 spiro atoms. The summed E-state index contributed by atoms with van der Waals surface area (Å²) in [6, 6.07) is 0. The van der Waals surface area contributed by atoms with E-state index >= 15 is 0 Å². The first-order valence-corrected chi connectivity index (χ1v) is 11.4. The summed E-state index contributed by atoms with van der Waals surface area (Å²) in [5, 5.41) is 11.1. The van der Waals surface area contributed by atoms with Gasteiger partial charge in [0.2, 0.25) is 0 Å². The molecule has 5 rings (SSSR count). The van der Waals surface area contributed by atoms with Gasteiger partial charge in [0.05, 0.1) is 5.60 Å². The van der Waals surface area contributed by atoms with Gasteiger partial charge >= 0.3 is 0 Å². The molecule has 1 heteroatoms. The Balaban J connectivity index is 1.38. The van der Waals surface area contributed by atoms with Crippen molar-refractivity contribution in [2.45, 2.75) is 90.6 Å². The first-order chi connectivity index (χ1) is 12.0. The predicted molar refractivity (Wildman–Crippen MR) is 103 cm³/mol. The fourth-order valence-corrected chi connectivity index (χ4v) is 9.07. The molecule has 9 atom stereocenters. The molecular weight excluding hydrogens is 304 g/mol. The third-order valence-corrected chi connectivity index (χ3v) is 10.1. The van der Waals surface area contributed by atoms with Crippen LogP contribution in [0.15, 0.2) is 11.6 Å². The molecule has 0 radical (unpaired) electrons. The van der Waals surface area contributed by atoms with Crippen LogP contribution in [0.2, 0.25) is 0 Å². The van der Waals surface area contributed by atoms with Gasteiger partial charge < -0.3 is 5.11 Å². The van der Waals surface area contributed by atoms with E-state index in [0.717, 1.165) is 36.0 Å². The van der Waals surface area contributed by atoms with E-state index in [-0.39, 0.29) is 5.60 Å². The van der Waals surface area contributed by atoms with Gasteiger partial charge in [0.25, 0.3) is 0 Å². The molecule has 2 unspecified atom stereocenters. The lowest BCUT2D eigenvalue weighted by atomic mass is 9.50. The van der Waals surface area contributed by atoms with Gasteiger partial charge in [-0.1, -0.05) is 31.9 Å². The maximum absolute atomic E-state index is 11.1. The summed E-state index contributed by atoms with van der Waals surface area (Å²) in [5.74, 6) is 6.08. The van der Waals surface area contributed by atoms with Crippen LogP contribution in [0.1, 0.15) is 85.0 Å². The topological polar surface area (TPSA) is 20.2 Å². The molecule has 0 saturated heterocycles. The van der Waals surface area contributed by atoms with E-state index in [1.54, 1.807) is 5.57 Å². The van der Waals surface area contributed by atoms with Crippen molar-refractivity contribution < 1.29 is 5.11 Å². The van der Waals surface area contributed by atoms with E-state index in [4.69, 9.17) is 0 Å². The number of rotatable bonds is 2. The van der Waals surface area contributed by atoms with Gasteiger partial charge in [0.1, 0.15) is 0 Å². The Morgan fingerprint density at radius 1 is 1.00 bits per heavy atom. The first kappa shape index (κ1) is 16.8. The van der Waals surface area contributed by atoms with Crippen LogP contribution < -0.4 is 0 Å². The average molecular weight is 343 g/mol. The maximum atomic E-state index is 11.1. The summed E-state index contributed by atoms with van der Waals surface area (Å²) in [5.41, 5.74) is 2.07. The molecule has 0 aromatic heterocycles. The van der Waals surface area contributed by atoms with Gasteiger partial charge in [0.15, 0.2) is 0 Å². The van der Waals surface area contributed by atoms with Crippen LogP contribution in [0.3, 0.4) is 0 Å². The molecule has 0 bridgehead atoms. The van der Waals surface area contributed by atoms with Gasteiger partial charge in [-0.25, -0.2) is 0 Å². The highest BCUT2D eigenvalue weighted by molar-refractivity contribution is 5.24. The van der Waals surface area contributed by atoms with Crippen LogP contribution in [0.4, 0.5) is 0 Å². The van der Waals surface area contributed by atoms with Crippen molar-refractivity contribution in [3.63, 3.8) is 0 Å². The van der Waals surface area contributed by atoms with Gasteiger partial charge in [-0.05, 0) is 112 Å². The number of aliphatic hydroxyl groups is 1. The third-order valence-electron chi connectivity index (χ3n) is 10.1.